The van der Waals surface area contributed by atoms with Crippen molar-refractivity contribution in [3.63, 3.8) is 0 Å². The molecule has 7 nitrogen and oxygen atoms in total. The normalized spacial score (nSPS) is 18.7. The lowest BCUT2D eigenvalue weighted by Crippen LogP contribution is -2.40. The fraction of sp³-hybridized carbons (Fsp3) is 0.643. The van der Waals surface area contributed by atoms with Crippen molar-refractivity contribution >= 4 is 11.8 Å². The molecule has 1 atom stereocenters. The summed E-state index contributed by atoms with van der Waals surface area (Å²) in [5.41, 5.74) is 1.17. The van der Waals surface area contributed by atoms with Crippen LogP contribution in [0.25, 0.3) is 0 Å². The number of aromatic nitrogens is 2. The Morgan fingerprint density at radius 1 is 1.38 bits per heavy atom. The maximum atomic E-state index is 11.9. The Morgan fingerprint density at radius 2 is 2.14 bits per heavy atom. The van der Waals surface area contributed by atoms with Gasteiger partial charge in [0.05, 0.1) is 12.7 Å². The van der Waals surface area contributed by atoms with E-state index >= 15 is 0 Å². The van der Waals surface area contributed by atoms with Crippen LogP contribution in [-0.2, 0) is 16.6 Å². The van der Waals surface area contributed by atoms with E-state index in [-0.39, 0.29) is 17.9 Å². The molecule has 1 aromatic heterocycles. The van der Waals surface area contributed by atoms with Crippen LogP contribution < -0.4 is 10.6 Å². The molecule has 0 aliphatic carbocycles. The van der Waals surface area contributed by atoms with Gasteiger partial charge in [0, 0.05) is 44.9 Å². The predicted molar refractivity (Wildman–Crippen MR) is 78.4 cm³/mol. The predicted octanol–water partition coefficient (Wildman–Crippen LogP) is -0.191. The second-order valence-electron chi connectivity index (χ2n) is 5.41. The monoisotopic (exact) mass is 293 g/mol. The van der Waals surface area contributed by atoms with Gasteiger partial charge in [0.15, 0.2) is 0 Å². The number of amides is 2. The van der Waals surface area contributed by atoms with Gasteiger partial charge in [-0.05, 0) is 19.4 Å². The van der Waals surface area contributed by atoms with Crippen molar-refractivity contribution in [1.82, 2.24) is 25.3 Å². The highest BCUT2D eigenvalue weighted by atomic mass is 16.2. The van der Waals surface area contributed by atoms with Crippen LogP contribution in [0.1, 0.15) is 31.4 Å². The van der Waals surface area contributed by atoms with Crippen molar-refractivity contribution in [1.29, 1.82) is 0 Å². The van der Waals surface area contributed by atoms with Gasteiger partial charge in [-0.1, -0.05) is 0 Å². The summed E-state index contributed by atoms with van der Waals surface area (Å²) >= 11 is 0. The van der Waals surface area contributed by atoms with Crippen molar-refractivity contribution in [3.8, 4) is 0 Å². The second-order valence-corrected chi connectivity index (χ2v) is 5.41. The first-order valence-electron chi connectivity index (χ1n) is 7.30. The van der Waals surface area contributed by atoms with Gasteiger partial charge in [-0.3, -0.25) is 19.2 Å². The van der Waals surface area contributed by atoms with Gasteiger partial charge in [0.2, 0.25) is 11.8 Å². The zero-order valence-electron chi connectivity index (χ0n) is 12.6. The Bertz CT molecular complexity index is 499. The average molecular weight is 293 g/mol. The highest BCUT2D eigenvalue weighted by Gasteiger charge is 2.28. The molecule has 0 saturated carbocycles. The molecule has 0 aromatic carbocycles. The van der Waals surface area contributed by atoms with Crippen LogP contribution in [0.2, 0.25) is 0 Å². The minimum atomic E-state index is -0.0829. The third-order valence-electron chi connectivity index (χ3n) is 3.64. The van der Waals surface area contributed by atoms with Crippen LogP contribution in [0.15, 0.2) is 12.4 Å². The summed E-state index contributed by atoms with van der Waals surface area (Å²) in [7, 11) is 1.90. The Labute approximate surface area is 124 Å². The van der Waals surface area contributed by atoms with Crippen LogP contribution in [-0.4, -0.2) is 52.7 Å². The summed E-state index contributed by atoms with van der Waals surface area (Å²) in [5, 5.41) is 9.68. The van der Waals surface area contributed by atoms with Gasteiger partial charge < -0.3 is 10.6 Å². The largest absolute Gasteiger partial charge is 0.355 e. The smallest absolute Gasteiger partial charge is 0.234 e. The molecular weight excluding hydrogens is 270 g/mol. The van der Waals surface area contributed by atoms with E-state index in [4.69, 9.17) is 0 Å². The minimum Gasteiger partial charge on any atom is -0.355 e. The summed E-state index contributed by atoms with van der Waals surface area (Å²) in [6.07, 6.45) is 6.04. The summed E-state index contributed by atoms with van der Waals surface area (Å²) in [5.74, 6) is -0.0865. The molecule has 1 saturated heterocycles. The lowest BCUT2D eigenvalue weighted by molar-refractivity contribution is -0.123. The number of nitrogens with zero attached hydrogens (tertiary/aromatic N) is 3. The fourth-order valence-corrected chi connectivity index (χ4v) is 2.69. The molecule has 1 aliphatic rings. The van der Waals surface area contributed by atoms with Gasteiger partial charge in [-0.2, -0.15) is 5.10 Å². The van der Waals surface area contributed by atoms with Crippen molar-refractivity contribution in [2.45, 2.75) is 25.8 Å². The number of aryl methyl sites for hydroxylation is 1. The SMILES string of the molecule is CC(=O)NCCNC(=O)CN1CCC[C@@H]1c1cnn(C)c1. The molecular formula is C14H23N5O2. The standard InChI is InChI=1S/C14H23N5O2/c1-11(20)15-5-6-16-14(21)10-19-7-3-4-13(19)12-8-17-18(2)9-12/h8-9,13H,3-7,10H2,1-2H3,(H,15,20)(H,16,21)/t13-/m1/s1. The van der Waals surface area contributed by atoms with E-state index in [2.05, 4.69) is 20.6 Å². The summed E-state index contributed by atoms with van der Waals surface area (Å²) in [6, 6.07) is 0.278. The maximum Gasteiger partial charge on any atom is 0.234 e. The Morgan fingerprint density at radius 3 is 2.81 bits per heavy atom. The Hall–Kier alpha value is -1.89. The van der Waals surface area contributed by atoms with E-state index in [0.717, 1.165) is 19.4 Å². The number of rotatable bonds is 6. The number of carbonyl (C=O) groups excluding carboxylic acids is 2. The molecule has 7 heteroatoms. The zero-order valence-corrected chi connectivity index (χ0v) is 12.6. The highest BCUT2D eigenvalue weighted by molar-refractivity contribution is 5.78. The lowest BCUT2D eigenvalue weighted by atomic mass is 10.1. The van der Waals surface area contributed by atoms with Gasteiger partial charge in [-0.25, -0.2) is 0 Å². The van der Waals surface area contributed by atoms with Gasteiger partial charge in [0.1, 0.15) is 0 Å². The van der Waals surface area contributed by atoms with E-state index in [1.165, 1.54) is 12.5 Å². The van der Waals surface area contributed by atoms with Crippen LogP contribution in [0.3, 0.4) is 0 Å². The molecule has 1 aliphatic heterocycles. The molecule has 0 bridgehead atoms. The molecule has 2 amide bonds. The van der Waals surface area contributed by atoms with Crippen LogP contribution in [0.5, 0.6) is 0 Å². The number of hydrogen-bond acceptors (Lipinski definition) is 4. The third kappa shape index (κ3) is 4.56. The van der Waals surface area contributed by atoms with E-state index < -0.39 is 0 Å². The van der Waals surface area contributed by atoms with E-state index in [1.807, 2.05) is 19.4 Å². The minimum absolute atomic E-state index is 0.00357. The second kappa shape index (κ2) is 7.21. The Kier molecular flexibility index (Phi) is 5.32. The quantitative estimate of drug-likeness (QED) is 0.713. The van der Waals surface area contributed by atoms with Crippen molar-refractivity contribution < 1.29 is 9.59 Å². The first-order chi connectivity index (χ1) is 10.1. The summed E-state index contributed by atoms with van der Waals surface area (Å²) in [6.45, 7) is 3.71. The molecule has 116 valence electrons. The first kappa shape index (κ1) is 15.5. The molecule has 2 rings (SSSR count). The molecule has 1 fully saturated rings. The van der Waals surface area contributed by atoms with E-state index in [0.29, 0.717) is 19.6 Å². The van der Waals surface area contributed by atoms with Gasteiger partial charge in [-0.15, -0.1) is 0 Å². The van der Waals surface area contributed by atoms with Crippen LogP contribution in [0.4, 0.5) is 0 Å². The average Bonchev–Trinajstić information content (AvgIpc) is 3.03. The lowest BCUT2D eigenvalue weighted by Gasteiger charge is -2.22. The third-order valence-corrected chi connectivity index (χ3v) is 3.64. The summed E-state index contributed by atoms with van der Waals surface area (Å²) in [4.78, 5) is 24.9. The molecule has 0 spiro atoms. The number of hydrogen-bond donors (Lipinski definition) is 2. The first-order valence-corrected chi connectivity index (χ1v) is 7.30. The van der Waals surface area contributed by atoms with E-state index in [9.17, 15) is 9.59 Å². The van der Waals surface area contributed by atoms with Crippen molar-refractivity contribution in [2.24, 2.45) is 7.05 Å². The van der Waals surface area contributed by atoms with Crippen molar-refractivity contribution in [3.05, 3.63) is 18.0 Å². The molecule has 21 heavy (non-hydrogen) atoms. The Balaban J connectivity index is 1.78. The fourth-order valence-electron chi connectivity index (χ4n) is 2.69. The topological polar surface area (TPSA) is 79.3 Å². The number of nitrogens with one attached hydrogen (secondary N) is 2. The summed E-state index contributed by atoms with van der Waals surface area (Å²) < 4.78 is 1.79. The molecule has 0 radical (unpaired) electrons. The maximum absolute atomic E-state index is 11.9. The molecule has 1 aromatic rings. The van der Waals surface area contributed by atoms with Crippen LogP contribution >= 0.6 is 0 Å². The zero-order chi connectivity index (χ0) is 15.2. The van der Waals surface area contributed by atoms with Gasteiger partial charge >= 0.3 is 0 Å². The molecule has 2 heterocycles. The molecule has 0 unspecified atom stereocenters. The highest BCUT2D eigenvalue weighted by Crippen LogP contribution is 2.30. The van der Waals surface area contributed by atoms with Gasteiger partial charge in [0.25, 0.3) is 0 Å². The van der Waals surface area contributed by atoms with E-state index in [1.54, 1.807) is 4.68 Å². The van der Waals surface area contributed by atoms with Crippen LogP contribution in [0, 0.1) is 0 Å². The molecule has 2 N–H and O–H groups in total. The number of carbonyl (C=O) groups is 2. The number of likely N-dealkylation sites (tertiary alicyclic amines) is 1. The van der Waals surface area contributed by atoms with Crippen molar-refractivity contribution in [2.75, 3.05) is 26.2 Å².